The summed E-state index contributed by atoms with van der Waals surface area (Å²) in [5, 5.41) is 0.567. The molecule has 0 saturated heterocycles. The summed E-state index contributed by atoms with van der Waals surface area (Å²) in [4.78, 5) is 4.42. The van der Waals surface area contributed by atoms with Crippen LogP contribution in [-0.2, 0) is 0 Å². The van der Waals surface area contributed by atoms with Gasteiger partial charge in [0.1, 0.15) is 17.2 Å². The summed E-state index contributed by atoms with van der Waals surface area (Å²) in [5.74, 6) is 0.879. The molecule has 19 heavy (non-hydrogen) atoms. The highest BCUT2D eigenvalue weighted by atomic mass is 79.9. The van der Waals surface area contributed by atoms with Gasteiger partial charge in [-0.3, -0.25) is 0 Å². The maximum atomic E-state index is 5.84. The first-order valence-electron chi connectivity index (χ1n) is 5.64. The lowest BCUT2D eigenvalue weighted by Gasteiger charge is -1.96. The van der Waals surface area contributed by atoms with E-state index in [1.165, 1.54) is 11.5 Å². The lowest BCUT2D eigenvalue weighted by molar-refractivity contribution is -0.509. The number of nitrogen functional groups attached to an aromatic ring is 1. The molecule has 0 saturated carbocycles. The topological polar surface area (TPSA) is 42.8 Å². The molecule has 0 radical (unpaired) electrons. The maximum absolute atomic E-state index is 5.84. The molecule has 3 nitrogen and oxygen atoms in total. The van der Waals surface area contributed by atoms with Crippen molar-refractivity contribution < 1.29 is 20.9 Å². The normalized spacial score (nSPS) is 9.89. The van der Waals surface area contributed by atoms with Crippen molar-refractivity contribution in [3.63, 3.8) is 0 Å². The summed E-state index contributed by atoms with van der Waals surface area (Å²) in [5.41, 5.74) is 7.98. The zero-order valence-corrected chi connectivity index (χ0v) is 12.4. The van der Waals surface area contributed by atoms with E-state index in [-0.39, 0.29) is 17.0 Å². The molecular weight excluding hydrogens is 322 g/mol. The third kappa shape index (κ3) is 2.83. The predicted molar refractivity (Wildman–Crippen MR) is 73.5 cm³/mol. The Morgan fingerprint density at radius 1 is 0.895 bits per heavy atom. The zero-order valence-electron chi connectivity index (χ0n) is 10.0. The molecule has 2 aromatic carbocycles. The highest BCUT2D eigenvalue weighted by molar-refractivity contribution is 7.05. The van der Waals surface area contributed by atoms with Crippen molar-refractivity contribution in [1.29, 1.82) is 0 Å². The monoisotopic (exact) mass is 333 g/mol. The molecule has 0 aliphatic heterocycles. The number of anilines is 1. The van der Waals surface area contributed by atoms with Gasteiger partial charge in [0.25, 0.3) is 0 Å². The summed E-state index contributed by atoms with van der Waals surface area (Å²) in [7, 11) is 0. The van der Waals surface area contributed by atoms with Crippen LogP contribution in [0.5, 0.6) is 0 Å². The minimum absolute atomic E-state index is 0. The molecule has 0 fully saturated rings. The Balaban J connectivity index is 0.00000133. The summed E-state index contributed by atoms with van der Waals surface area (Å²) in [6.07, 6.45) is 0. The number of nitrogens with zero attached hydrogens (tertiary/aromatic N) is 2. The van der Waals surface area contributed by atoms with Gasteiger partial charge in [-0.05, 0) is 29.2 Å². The third-order valence-corrected chi connectivity index (χ3v) is 3.46. The zero-order chi connectivity index (χ0) is 12.4. The molecule has 2 N–H and O–H groups in total. The van der Waals surface area contributed by atoms with Gasteiger partial charge >= 0.3 is 11.0 Å². The second-order valence-electron chi connectivity index (χ2n) is 3.86. The fourth-order valence-electron chi connectivity index (χ4n) is 1.81. The first-order chi connectivity index (χ1) is 8.84. The molecule has 0 atom stereocenters. The molecule has 96 valence electrons. The van der Waals surface area contributed by atoms with Gasteiger partial charge in [0.05, 0.1) is 5.56 Å². The molecule has 3 rings (SSSR count). The van der Waals surface area contributed by atoms with Crippen LogP contribution < -0.4 is 26.7 Å². The highest BCUT2D eigenvalue weighted by Gasteiger charge is 2.22. The van der Waals surface area contributed by atoms with Gasteiger partial charge in [0.2, 0.25) is 0 Å². The third-order valence-electron chi connectivity index (χ3n) is 2.62. The van der Waals surface area contributed by atoms with Crippen LogP contribution >= 0.6 is 11.5 Å². The van der Waals surface area contributed by atoms with Gasteiger partial charge in [0.15, 0.2) is 0 Å². The fourth-order valence-corrected chi connectivity index (χ4v) is 2.59. The Morgan fingerprint density at radius 3 is 2.11 bits per heavy atom. The van der Waals surface area contributed by atoms with Crippen LogP contribution in [0.2, 0.25) is 0 Å². The number of rotatable bonds is 2. The smallest absolute Gasteiger partial charge is 0.350 e. The lowest BCUT2D eigenvalue weighted by atomic mass is 10.2. The van der Waals surface area contributed by atoms with E-state index < -0.39 is 0 Å². The number of hydrogen-bond acceptors (Lipinski definition) is 3. The Hall–Kier alpha value is -1.72. The van der Waals surface area contributed by atoms with Crippen LogP contribution in [0.25, 0.3) is 17.1 Å². The lowest BCUT2D eigenvalue weighted by Crippen LogP contribution is -3.00. The Labute approximate surface area is 126 Å². The van der Waals surface area contributed by atoms with Crippen LogP contribution in [0.1, 0.15) is 0 Å². The summed E-state index contributed by atoms with van der Waals surface area (Å²) >= 11 is 1.45. The number of hydrogen-bond donors (Lipinski definition) is 1. The van der Waals surface area contributed by atoms with E-state index in [1.54, 1.807) is 0 Å². The van der Waals surface area contributed by atoms with Crippen molar-refractivity contribution >= 4 is 16.7 Å². The van der Waals surface area contributed by atoms with Crippen molar-refractivity contribution in [2.24, 2.45) is 0 Å². The summed E-state index contributed by atoms with van der Waals surface area (Å²) < 4.78 is 2.05. The maximum Gasteiger partial charge on any atom is 0.350 e. The molecule has 0 unspecified atom stereocenters. The number of para-hydroxylation sites is 1. The highest BCUT2D eigenvalue weighted by Crippen LogP contribution is 2.19. The quantitative estimate of drug-likeness (QED) is 0.653. The second kappa shape index (κ2) is 5.95. The van der Waals surface area contributed by atoms with Crippen molar-refractivity contribution in [3.05, 3.63) is 60.7 Å². The Morgan fingerprint density at radius 2 is 1.47 bits per heavy atom. The van der Waals surface area contributed by atoms with E-state index >= 15 is 0 Å². The first kappa shape index (κ1) is 13.7. The number of nitrogens with two attached hydrogens (primary N) is 1. The molecule has 0 bridgehead atoms. The van der Waals surface area contributed by atoms with E-state index in [2.05, 4.69) is 4.98 Å². The molecule has 1 aromatic heterocycles. The molecule has 0 spiro atoms. The minimum atomic E-state index is 0. The summed E-state index contributed by atoms with van der Waals surface area (Å²) in [6.45, 7) is 0. The average Bonchev–Trinajstić information content (AvgIpc) is 2.83. The minimum Gasteiger partial charge on any atom is -1.00 e. The number of aromatic nitrogens is 2. The van der Waals surface area contributed by atoms with E-state index in [9.17, 15) is 0 Å². The van der Waals surface area contributed by atoms with E-state index in [4.69, 9.17) is 5.73 Å². The molecule has 0 amide bonds. The van der Waals surface area contributed by atoms with Gasteiger partial charge in [-0.1, -0.05) is 36.4 Å². The van der Waals surface area contributed by atoms with Gasteiger partial charge in [-0.2, -0.15) is 0 Å². The summed E-state index contributed by atoms with van der Waals surface area (Å²) in [6, 6.07) is 20.2. The van der Waals surface area contributed by atoms with E-state index in [0.29, 0.717) is 5.13 Å². The van der Waals surface area contributed by atoms with E-state index in [1.807, 2.05) is 64.6 Å². The predicted octanol–water partition coefficient (Wildman–Crippen LogP) is -0.327. The largest absolute Gasteiger partial charge is 1.00 e. The second-order valence-corrected chi connectivity index (χ2v) is 4.83. The number of benzene rings is 2. The van der Waals surface area contributed by atoms with Crippen LogP contribution in [-0.4, -0.2) is 4.98 Å². The Kier molecular flexibility index (Phi) is 4.29. The van der Waals surface area contributed by atoms with Crippen molar-refractivity contribution in [2.45, 2.75) is 0 Å². The molecule has 0 aliphatic rings. The van der Waals surface area contributed by atoms with Gasteiger partial charge in [0, 0.05) is 0 Å². The number of halogens is 1. The van der Waals surface area contributed by atoms with Crippen LogP contribution in [0.3, 0.4) is 0 Å². The first-order valence-corrected chi connectivity index (χ1v) is 6.41. The van der Waals surface area contributed by atoms with E-state index in [0.717, 1.165) is 17.1 Å². The van der Waals surface area contributed by atoms with Crippen molar-refractivity contribution in [2.75, 3.05) is 5.73 Å². The van der Waals surface area contributed by atoms with Gasteiger partial charge in [-0.15, -0.1) is 3.96 Å². The van der Waals surface area contributed by atoms with Gasteiger partial charge in [-0.25, -0.2) is 0 Å². The average molecular weight is 334 g/mol. The van der Waals surface area contributed by atoms with Crippen molar-refractivity contribution in [1.82, 2.24) is 4.98 Å². The van der Waals surface area contributed by atoms with Gasteiger partial charge < -0.3 is 22.7 Å². The van der Waals surface area contributed by atoms with Crippen molar-refractivity contribution in [3.8, 4) is 17.1 Å². The Bertz CT molecular complexity index is 596. The molecular formula is C14H12BrN3S. The standard InChI is InChI=1S/C14H11N3S.BrH/c15-14-16-13(11-7-3-1-4-8-11)17(18-14)12-9-5-2-6-10-12;/h1-10,15H;1H. The van der Waals surface area contributed by atoms with Crippen LogP contribution in [0, 0.1) is 0 Å². The molecule has 5 heteroatoms. The molecule has 3 aromatic rings. The molecule has 0 aliphatic carbocycles. The van der Waals surface area contributed by atoms with Crippen LogP contribution in [0.15, 0.2) is 60.7 Å². The SMILES string of the molecule is Nc1nc(-c2ccccc2)[n+](-c2ccccc2)s1.[Br-]. The van der Waals surface area contributed by atoms with Crippen LogP contribution in [0.4, 0.5) is 5.13 Å². The molecule has 1 heterocycles. The fraction of sp³-hybridized carbons (Fsp3) is 0.